The third-order valence-electron chi connectivity index (χ3n) is 2.77. The number of aliphatic hydroxyl groups excluding tert-OH is 1. The Morgan fingerprint density at radius 1 is 1.33 bits per heavy atom. The zero-order chi connectivity index (χ0) is 11.3. The summed E-state index contributed by atoms with van der Waals surface area (Å²) in [5.74, 6) is 0. The second-order valence-corrected chi connectivity index (χ2v) is 5.70. The van der Waals surface area contributed by atoms with Crippen LogP contribution in [-0.2, 0) is 4.74 Å². The third-order valence-corrected chi connectivity index (χ3v) is 2.77. The molecule has 1 rings (SSSR count). The lowest BCUT2D eigenvalue weighted by Crippen LogP contribution is -2.45. The van der Waals surface area contributed by atoms with Crippen molar-refractivity contribution in [1.29, 1.82) is 0 Å². The van der Waals surface area contributed by atoms with Crippen LogP contribution in [0.5, 0.6) is 0 Å². The molecule has 1 heterocycles. The van der Waals surface area contributed by atoms with Crippen LogP contribution in [0.4, 0.5) is 0 Å². The Morgan fingerprint density at radius 2 is 1.93 bits per heavy atom. The monoisotopic (exact) mass is 215 g/mol. The van der Waals surface area contributed by atoms with Crippen molar-refractivity contribution in [2.24, 2.45) is 5.41 Å². The van der Waals surface area contributed by atoms with Gasteiger partial charge in [-0.05, 0) is 24.7 Å². The van der Waals surface area contributed by atoms with E-state index in [0.29, 0.717) is 6.04 Å². The van der Waals surface area contributed by atoms with Crippen LogP contribution in [0.2, 0.25) is 0 Å². The number of aliphatic hydroxyl groups is 1. The van der Waals surface area contributed by atoms with Gasteiger partial charge in [0.25, 0.3) is 0 Å². The predicted molar refractivity (Wildman–Crippen MR) is 61.9 cm³/mol. The molecule has 2 N–H and O–H groups in total. The zero-order valence-electron chi connectivity index (χ0n) is 10.3. The van der Waals surface area contributed by atoms with Crippen molar-refractivity contribution in [3.8, 4) is 0 Å². The summed E-state index contributed by atoms with van der Waals surface area (Å²) in [6.45, 7) is 8.56. The Bertz CT molecular complexity index is 171. The van der Waals surface area contributed by atoms with E-state index in [-0.39, 0.29) is 18.1 Å². The van der Waals surface area contributed by atoms with Gasteiger partial charge in [0, 0.05) is 25.3 Å². The number of hydrogen-bond acceptors (Lipinski definition) is 3. The number of hydrogen-bond donors (Lipinski definition) is 2. The number of ether oxygens (including phenoxy) is 1. The van der Waals surface area contributed by atoms with E-state index in [2.05, 4.69) is 26.1 Å². The highest BCUT2D eigenvalue weighted by Crippen LogP contribution is 2.21. The van der Waals surface area contributed by atoms with E-state index >= 15 is 0 Å². The normalized spacial score (nSPS) is 21.6. The Labute approximate surface area is 93.2 Å². The average molecular weight is 215 g/mol. The van der Waals surface area contributed by atoms with Gasteiger partial charge in [-0.3, -0.25) is 0 Å². The quantitative estimate of drug-likeness (QED) is 0.747. The van der Waals surface area contributed by atoms with Gasteiger partial charge in [0.2, 0.25) is 0 Å². The molecular weight excluding hydrogens is 190 g/mol. The first-order valence-electron chi connectivity index (χ1n) is 5.96. The molecule has 3 heteroatoms. The van der Waals surface area contributed by atoms with Crippen LogP contribution >= 0.6 is 0 Å². The van der Waals surface area contributed by atoms with Crippen molar-refractivity contribution < 1.29 is 9.84 Å². The molecule has 1 saturated heterocycles. The number of nitrogens with one attached hydrogen (secondary N) is 1. The minimum Gasteiger partial charge on any atom is -0.395 e. The molecule has 1 aliphatic heterocycles. The van der Waals surface area contributed by atoms with Gasteiger partial charge in [0.1, 0.15) is 0 Å². The molecule has 0 radical (unpaired) electrons. The Balaban J connectivity index is 2.31. The Morgan fingerprint density at radius 3 is 2.40 bits per heavy atom. The molecule has 90 valence electrons. The van der Waals surface area contributed by atoms with Crippen LogP contribution in [0.1, 0.15) is 40.0 Å². The molecule has 0 aliphatic carbocycles. The van der Waals surface area contributed by atoms with Gasteiger partial charge < -0.3 is 15.2 Å². The lowest BCUT2D eigenvalue weighted by molar-refractivity contribution is 0.0684. The fourth-order valence-corrected chi connectivity index (χ4v) is 2.11. The van der Waals surface area contributed by atoms with Gasteiger partial charge >= 0.3 is 0 Å². The molecule has 1 atom stereocenters. The van der Waals surface area contributed by atoms with Crippen LogP contribution in [0.15, 0.2) is 0 Å². The smallest absolute Gasteiger partial charge is 0.0584 e. The van der Waals surface area contributed by atoms with E-state index in [1.54, 1.807) is 0 Å². The molecule has 0 saturated carbocycles. The standard InChI is InChI=1S/C12H25NO2/c1-12(2,3)8-11(9-14)13-10-4-6-15-7-5-10/h10-11,13-14H,4-9H2,1-3H3/t11-/m0/s1. The highest BCUT2D eigenvalue weighted by atomic mass is 16.5. The van der Waals surface area contributed by atoms with Gasteiger partial charge in [0.15, 0.2) is 0 Å². The van der Waals surface area contributed by atoms with Crippen LogP contribution in [0.3, 0.4) is 0 Å². The number of rotatable bonds is 4. The van der Waals surface area contributed by atoms with Crippen molar-refractivity contribution in [3.05, 3.63) is 0 Å². The van der Waals surface area contributed by atoms with E-state index in [9.17, 15) is 5.11 Å². The molecule has 0 unspecified atom stereocenters. The summed E-state index contributed by atoms with van der Waals surface area (Å²) in [6, 6.07) is 0.756. The fraction of sp³-hybridized carbons (Fsp3) is 1.00. The SMILES string of the molecule is CC(C)(C)C[C@@H](CO)NC1CCOCC1. The van der Waals surface area contributed by atoms with Crippen molar-refractivity contribution in [3.63, 3.8) is 0 Å². The zero-order valence-corrected chi connectivity index (χ0v) is 10.3. The second-order valence-electron chi connectivity index (χ2n) is 5.70. The maximum Gasteiger partial charge on any atom is 0.0584 e. The lowest BCUT2D eigenvalue weighted by atomic mass is 9.88. The molecule has 3 nitrogen and oxygen atoms in total. The summed E-state index contributed by atoms with van der Waals surface area (Å²) < 4.78 is 5.31. The molecule has 0 spiro atoms. The highest BCUT2D eigenvalue weighted by molar-refractivity contribution is 4.79. The minimum absolute atomic E-state index is 0.230. The second kappa shape index (κ2) is 5.83. The largest absolute Gasteiger partial charge is 0.395 e. The maximum absolute atomic E-state index is 9.33. The van der Waals surface area contributed by atoms with E-state index in [1.807, 2.05) is 0 Å². The van der Waals surface area contributed by atoms with Crippen LogP contribution in [-0.4, -0.2) is 37.0 Å². The molecular formula is C12H25NO2. The van der Waals surface area contributed by atoms with Gasteiger partial charge in [0.05, 0.1) is 6.61 Å². The van der Waals surface area contributed by atoms with Crippen molar-refractivity contribution >= 4 is 0 Å². The maximum atomic E-state index is 9.33. The molecule has 15 heavy (non-hydrogen) atoms. The lowest BCUT2D eigenvalue weighted by Gasteiger charge is -2.31. The van der Waals surface area contributed by atoms with Crippen molar-refractivity contribution in [2.45, 2.75) is 52.1 Å². The Kier molecular flexibility index (Phi) is 5.03. The van der Waals surface area contributed by atoms with Gasteiger partial charge in [-0.2, -0.15) is 0 Å². The summed E-state index contributed by atoms with van der Waals surface area (Å²) in [6.07, 6.45) is 3.15. The predicted octanol–water partition coefficient (Wildman–Crippen LogP) is 1.55. The van der Waals surface area contributed by atoms with E-state index < -0.39 is 0 Å². The van der Waals surface area contributed by atoms with Gasteiger partial charge in [-0.15, -0.1) is 0 Å². The van der Waals surface area contributed by atoms with E-state index in [0.717, 1.165) is 32.5 Å². The third kappa shape index (κ3) is 5.50. The van der Waals surface area contributed by atoms with E-state index in [4.69, 9.17) is 4.74 Å². The van der Waals surface area contributed by atoms with Crippen molar-refractivity contribution in [1.82, 2.24) is 5.32 Å². The summed E-state index contributed by atoms with van der Waals surface area (Å²) in [7, 11) is 0. The van der Waals surface area contributed by atoms with Crippen LogP contribution in [0.25, 0.3) is 0 Å². The summed E-state index contributed by atoms with van der Waals surface area (Å²) in [4.78, 5) is 0. The molecule has 0 aromatic rings. The summed E-state index contributed by atoms with van der Waals surface area (Å²) in [5, 5.41) is 12.9. The minimum atomic E-state index is 0.230. The molecule has 0 amide bonds. The van der Waals surface area contributed by atoms with Crippen LogP contribution in [0, 0.1) is 5.41 Å². The summed E-state index contributed by atoms with van der Waals surface area (Å²) in [5.41, 5.74) is 0.269. The van der Waals surface area contributed by atoms with Gasteiger partial charge in [-0.25, -0.2) is 0 Å². The first-order chi connectivity index (χ1) is 7.01. The highest BCUT2D eigenvalue weighted by Gasteiger charge is 2.22. The first kappa shape index (κ1) is 12.9. The fourth-order valence-electron chi connectivity index (χ4n) is 2.11. The summed E-state index contributed by atoms with van der Waals surface area (Å²) >= 11 is 0. The van der Waals surface area contributed by atoms with Crippen LogP contribution < -0.4 is 5.32 Å². The molecule has 1 aliphatic rings. The first-order valence-corrected chi connectivity index (χ1v) is 5.96. The molecule has 0 aromatic heterocycles. The molecule has 1 fully saturated rings. The Hall–Kier alpha value is -0.120. The van der Waals surface area contributed by atoms with Gasteiger partial charge in [-0.1, -0.05) is 20.8 Å². The van der Waals surface area contributed by atoms with E-state index in [1.165, 1.54) is 0 Å². The topological polar surface area (TPSA) is 41.5 Å². The molecule has 0 bridgehead atoms. The average Bonchev–Trinajstić information content (AvgIpc) is 2.16. The van der Waals surface area contributed by atoms with Crippen molar-refractivity contribution in [2.75, 3.05) is 19.8 Å². The molecule has 0 aromatic carbocycles.